The van der Waals surface area contributed by atoms with Crippen LogP contribution in [-0.4, -0.2) is 51.7 Å². The van der Waals surface area contributed by atoms with Crippen molar-refractivity contribution in [2.24, 2.45) is 10.9 Å². The first-order valence-corrected chi connectivity index (χ1v) is 11.0. The molecule has 144 valence electrons. The van der Waals surface area contributed by atoms with Crippen LogP contribution in [-0.2, 0) is 9.84 Å². The second-order valence-electron chi connectivity index (χ2n) is 7.40. The van der Waals surface area contributed by atoms with Crippen molar-refractivity contribution in [3.63, 3.8) is 0 Å². The number of aliphatic imine (C=N–C) groups is 1. The van der Waals surface area contributed by atoms with E-state index in [0.29, 0.717) is 17.4 Å². The Morgan fingerprint density at radius 1 is 1.33 bits per heavy atom. The van der Waals surface area contributed by atoms with Gasteiger partial charge in [-0.2, -0.15) is 0 Å². The molecular weight excluding hydrogens is 362 g/mol. The Hall–Kier alpha value is -2.28. The lowest BCUT2D eigenvalue weighted by Crippen LogP contribution is -2.40. The molecule has 0 spiro atoms. The van der Waals surface area contributed by atoms with Gasteiger partial charge in [0, 0.05) is 37.1 Å². The van der Waals surface area contributed by atoms with E-state index in [1.54, 1.807) is 31.5 Å². The minimum atomic E-state index is -3.30. The van der Waals surface area contributed by atoms with Gasteiger partial charge in [-0.05, 0) is 42.5 Å². The molecule has 0 aromatic heterocycles. The Bertz CT molecular complexity index is 930. The van der Waals surface area contributed by atoms with Crippen molar-refractivity contribution in [2.75, 3.05) is 26.0 Å². The predicted molar refractivity (Wildman–Crippen MR) is 106 cm³/mol. The average Bonchev–Trinajstić information content (AvgIpc) is 3.50. The predicted octanol–water partition coefficient (Wildman–Crippen LogP) is 2.44. The molecule has 1 aromatic rings. The van der Waals surface area contributed by atoms with Crippen molar-refractivity contribution < 1.29 is 13.2 Å². The summed E-state index contributed by atoms with van der Waals surface area (Å²) in [4.78, 5) is 6.63. The molecule has 0 amide bonds. The first kappa shape index (κ1) is 18.1. The van der Waals surface area contributed by atoms with Crippen LogP contribution in [0, 0.1) is 5.92 Å². The maximum Gasteiger partial charge on any atom is 0.178 e. The highest BCUT2D eigenvalue weighted by Gasteiger charge is 2.30. The maximum atomic E-state index is 12.5. The Morgan fingerprint density at radius 2 is 2.15 bits per heavy atom. The standard InChI is InChI=1S/C20H25N3O3S/c1-3-27(24,25)16-6-7-19(26-12-14-4-5-14)17(8-16)18-11-23(2)10-15-9-21-13-22-20(15)18/h6-9,11,13-14,20H,3-5,10,12H2,1-2H3,(H,21,22). The summed E-state index contributed by atoms with van der Waals surface area (Å²) >= 11 is 0. The van der Waals surface area contributed by atoms with Crippen LogP contribution in [0.1, 0.15) is 25.3 Å². The lowest BCUT2D eigenvalue weighted by molar-refractivity contribution is 0.298. The van der Waals surface area contributed by atoms with Gasteiger partial charge in [-0.15, -0.1) is 0 Å². The zero-order valence-corrected chi connectivity index (χ0v) is 16.5. The van der Waals surface area contributed by atoms with Crippen molar-refractivity contribution in [3.8, 4) is 5.75 Å². The molecule has 6 nitrogen and oxygen atoms in total. The fourth-order valence-corrected chi connectivity index (χ4v) is 4.34. The quantitative estimate of drug-likeness (QED) is 0.812. The van der Waals surface area contributed by atoms with E-state index in [1.165, 1.54) is 12.8 Å². The van der Waals surface area contributed by atoms with Crippen molar-refractivity contribution in [1.29, 1.82) is 0 Å². The number of likely N-dealkylation sites (N-methyl/N-ethyl adjacent to an activating group) is 1. The summed E-state index contributed by atoms with van der Waals surface area (Å²) in [5.74, 6) is 1.44. The molecule has 0 bridgehead atoms. The van der Waals surface area contributed by atoms with Crippen molar-refractivity contribution in [3.05, 3.63) is 41.7 Å². The topological polar surface area (TPSA) is 71.0 Å². The Labute approximate surface area is 160 Å². The highest BCUT2D eigenvalue weighted by Crippen LogP contribution is 2.37. The highest BCUT2D eigenvalue weighted by molar-refractivity contribution is 7.91. The molecule has 1 N–H and O–H groups in total. The molecule has 1 fully saturated rings. The van der Waals surface area contributed by atoms with Crippen LogP contribution in [0.2, 0.25) is 0 Å². The van der Waals surface area contributed by atoms with Crippen molar-refractivity contribution in [1.82, 2.24) is 10.2 Å². The molecule has 7 heteroatoms. The molecule has 1 atom stereocenters. The molecule has 1 aromatic carbocycles. The third-order valence-electron chi connectivity index (χ3n) is 5.20. The molecule has 2 aliphatic heterocycles. The van der Waals surface area contributed by atoms with Gasteiger partial charge in [0.25, 0.3) is 0 Å². The number of sulfone groups is 1. The number of nitrogens with one attached hydrogen (secondary N) is 1. The van der Waals surface area contributed by atoms with Gasteiger partial charge in [-0.1, -0.05) is 6.92 Å². The Morgan fingerprint density at radius 3 is 2.89 bits per heavy atom. The second kappa shape index (κ2) is 7.03. The van der Waals surface area contributed by atoms with E-state index in [4.69, 9.17) is 4.74 Å². The van der Waals surface area contributed by atoms with Gasteiger partial charge in [0.15, 0.2) is 9.84 Å². The van der Waals surface area contributed by atoms with Crippen LogP contribution < -0.4 is 10.1 Å². The third-order valence-corrected chi connectivity index (χ3v) is 6.93. The molecule has 0 radical (unpaired) electrons. The normalized spacial score (nSPS) is 21.9. The summed E-state index contributed by atoms with van der Waals surface area (Å²) in [7, 11) is -1.29. The van der Waals surface area contributed by atoms with Crippen LogP contribution in [0.4, 0.5) is 0 Å². The van der Waals surface area contributed by atoms with Crippen molar-refractivity contribution >= 4 is 21.7 Å². The summed E-state index contributed by atoms with van der Waals surface area (Å²) in [6.07, 6.45) is 8.04. The summed E-state index contributed by atoms with van der Waals surface area (Å²) in [5, 5.41) is 3.31. The van der Waals surface area contributed by atoms with E-state index in [1.807, 2.05) is 13.2 Å². The number of hydrogen-bond acceptors (Lipinski definition) is 6. The molecule has 0 saturated heterocycles. The number of fused-ring (bicyclic) bond motifs is 1. The third kappa shape index (κ3) is 3.74. The first-order valence-electron chi connectivity index (χ1n) is 9.36. The second-order valence-corrected chi connectivity index (χ2v) is 9.68. The fraction of sp³-hybridized carbons (Fsp3) is 0.450. The van der Waals surface area contributed by atoms with E-state index in [-0.39, 0.29) is 11.8 Å². The summed E-state index contributed by atoms with van der Waals surface area (Å²) in [6, 6.07) is 5.19. The van der Waals surface area contributed by atoms with Gasteiger partial charge in [0.2, 0.25) is 0 Å². The van der Waals surface area contributed by atoms with E-state index in [0.717, 1.165) is 29.0 Å². The highest BCUT2D eigenvalue weighted by atomic mass is 32.2. The molecule has 1 unspecified atom stereocenters. The van der Waals surface area contributed by atoms with Crippen LogP contribution in [0.15, 0.2) is 46.1 Å². The average molecular weight is 388 g/mol. The minimum absolute atomic E-state index is 0.0263. The molecule has 3 aliphatic rings. The zero-order chi connectivity index (χ0) is 19.0. The summed E-state index contributed by atoms with van der Waals surface area (Å²) < 4.78 is 31.0. The smallest absolute Gasteiger partial charge is 0.178 e. The molecule has 1 saturated carbocycles. The monoisotopic (exact) mass is 387 g/mol. The van der Waals surface area contributed by atoms with Gasteiger partial charge in [-0.3, -0.25) is 0 Å². The van der Waals surface area contributed by atoms with E-state index in [9.17, 15) is 8.42 Å². The van der Waals surface area contributed by atoms with E-state index < -0.39 is 9.84 Å². The maximum absolute atomic E-state index is 12.5. The Kier molecular flexibility index (Phi) is 4.72. The van der Waals surface area contributed by atoms with E-state index in [2.05, 4.69) is 21.4 Å². The Balaban J connectivity index is 1.78. The molecule has 1 aliphatic carbocycles. The summed E-state index contributed by atoms with van der Waals surface area (Å²) in [6.45, 7) is 3.13. The molecule has 2 heterocycles. The lowest BCUT2D eigenvalue weighted by atomic mass is 9.90. The van der Waals surface area contributed by atoms with Gasteiger partial charge in [-0.25, -0.2) is 13.4 Å². The fourth-order valence-electron chi connectivity index (χ4n) is 3.44. The molecule has 27 heavy (non-hydrogen) atoms. The van der Waals surface area contributed by atoms with Crippen LogP contribution in [0.25, 0.3) is 5.57 Å². The number of nitrogens with zero attached hydrogens (tertiary/aromatic N) is 2. The summed E-state index contributed by atoms with van der Waals surface area (Å²) in [5.41, 5.74) is 2.98. The van der Waals surface area contributed by atoms with E-state index >= 15 is 0 Å². The SMILES string of the molecule is CCS(=O)(=O)c1ccc(OCC2CC2)c(C2=CN(C)CC3=CN=CNC32)c1. The molecule has 4 rings (SSSR count). The number of rotatable bonds is 6. The van der Waals surface area contributed by atoms with Gasteiger partial charge >= 0.3 is 0 Å². The zero-order valence-electron chi connectivity index (χ0n) is 15.7. The minimum Gasteiger partial charge on any atom is -0.493 e. The van der Waals surface area contributed by atoms with Crippen LogP contribution >= 0.6 is 0 Å². The van der Waals surface area contributed by atoms with Crippen molar-refractivity contribution in [2.45, 2.75) is 30.7 Å². The van der Waals surface area contributed by atoms with Crippen LogP contribution in [0.3, 0.4) is 0 Å². The van der Waals surface area contributed by atoms with Crippen LogP contribution in [0.5, 0.6) is 5.75 Å². The van der Waals surface area contributed by atoms with Gasteiger partial charge < -0.3 is 15.0 Å². The van der Waals surface area contributed by atoms with Gasteiger partial charge in [0.05, 0.1) is 29.6 Å². The number of hydrogen-bond donors (Lipinski definition) is 1. The molecular formula is C20H25N3O3S. The number of benzene rings is 1. The van der Waals surface area contributed by atoms with Gasteiger partial charge in [0.1, 0.15) is 5.75 Å². The lowest BCUT2D eigenvalue weighted by Gasteiger charge is -2.34. The first-order chi connectivity index (χ1) is 13.0. The number of ether oxygens (including phenoxy) is 1. The largest absolute Gasteiger partial charge is 0.493 e.